The summed E-state index contributed by atoms with van der Waals surface area (Å²) in [5.41, 5.74) is 25.1. The minimum Gasteiger partial charge on any atom is -0.495 e. The number of benzene rings is 5. The van der Waals surface area contributed by atoms with Gasteiger partial charge in [-0.25, -0.2) is 0 Å². The third kappa shape index (κ3) is 6.21. The van der Waals surface area contributed by atoms with Crippen LogP contribution in [0, 0.1) is 5.92 Å². The maximum atomic E-state index is 7.91. The SMILES string of the molecule is CC1c2cc3c(cc2C2(C)CCC12)OC1B2c4cc5c(cc4N(c4ccc6c(c4)C(C)(C)CCC6(C)C)c4cc(C(C)(C)C)cc(c42)N(c2ccc4c(c2)C(C)(C)CCC4(C)C)C31)C(C)(C)CCC5(C)C. The van der Waals surface area contributed by atoms with Crippen molar-refractivity contribution in [3.63, 3.8) is 0 Å². The van der Waals surface area contributed by atoms with E-state index in [-0.39, 0.29) is 62.1 Å². The third-order valence-corrected chi connectivity index (χ3v) is 21.8. The van der Waals surface area contributed by atoms with Gasteiger partial charge in [-0.05, 0) is 222 Å². The van der Waals surface area contributed by atoms with E-state index >= 15 is 0 Å². The van der Waals surface area contributed by atoms with Crippen molar-refractivity contribution in [2.24, 2.45) is 5.92 Å². The molecule has 0 saturated heterocycles. The van der Waals surface area contributed by atoms with Crippen molar-refractivity contribution in [2.45, 2.75) is 230 Å². The van der Waals surface area contributed by atoms with Gasteiger partial charge in [-0.15, -0.1) is 0 Å². The Morgan fingerprint density at radius 1 is 0.507 bits per heavy atom. The molecule has 5 aromatic rings. The van der Waals surface area contributed by atoms with Crippen LogP contribution in [0.15, 0.2) is 72.8 Å². The highest BCUT2D eigenvalue weighted by molar-refractivity contribution is 6.91. The number of hydrogen-bond acceptors (Lipinski definition) is 3. The lowest BCUT2D eigenvalue weighted by molar-refractivity contribution is 0.142. The van der Waals surface area contributed by atoms with Gasteiger partial charge in [0.15, 0.2) is 0 Å². The predicted octanol–water partition coefficient (Wildman–Crippen LogP) is 16.4. The Hall–Kier alpha value is -4.44. The zero-order chi connectivity index (χ0) is 50.3. The Balaban J connectivity index is 1.14. The quantitative estimate of drug-likeness (QED) is 0.164. The molecule has 4 heteroatoms. The van der Waals surface area contributed by atoms with Gasteiger partial charge in [0, 0.05) is 34.0 Å². The van der Waals surface area contributed by atoms with Crippen LogP contribution in [0.3, 0.4) is 0 Å². The van der Waals surface area contributed by atoms with E-state index in [1.807, 2.05) is 0 Å². The van der Waals surface area contributed by atoms with Crippen LogP contribution in [-0.4, -0.2) is 12.7 Å². The highest BCUT2D eigenvalue weighted by atomic mass is 16.5. The highest BCUT2D eigenvalue weighted by Crippen LogP contribution is 2.65. The first kappa shape index (κ1) is 46.4. The van der Waals surface area contributed by atoms with Crippen molar-refractivity contribution >= 4 is 46.1 Å². The van der Waals surface area contributed by atoms with Crippen molar-refractivity contribution in [3.05, 3.63) is 128 Å². The molecular formula is C67H83BN2O. The first-order chi connectivity index (χ1) is 33.0. The van der Waals surface area contributed by atoms with Crippen LogP contribution in [0.1, 0.15) is 237 Å². The average Bonchev–Trinajstić information content (AvgIpc) is 3.72. The van der Waals surface area contributed by atoms with Crippen molar-refractivity contribution in [2.75, 3.05) is 9.80 Å². The monoisotopic (exact) mass is 943 g/mol. The van der Waals surface area contributed by atoms with Crippen LogP contribution in [0.5, 0.6) is 5.75 Å². The lowest BCUT2D eigenvalue weighted by Crippen LogP contribution is -2.65. The van der Waals surface area contributed by atoms with E-state index < -0.39 is 0 Å². The molecule has 3 nitrogen and oxygen atoms in total. The highest BCUT2D eigenvalue weighted by Gasteiger charge is 2.59. The fraction of sp³-hybridized carbons (Fsp3) is 0.552. The van der Waals surface area contributed by atoms with Gasteiger partial charge in [0.1, 0.15) is 11.8 Å². The standard InChI is InChI=1S/C67H83BN2O/c1-38-42-34-43-56(37-47(42)67(17)23-22-44(38)67)71-59-58(43)70(41-19-21-46-49(33-41)64(11,12)27-25-62(46,7)8)55-31-39(60(2,3)4)30-54-57(55)68(59)52-35-50-51(66(15,16)29-28-65(50,13)14)36-53(52)69(54)40-18-20-45-48(32-40)63(9,10)26-24-61(45,5)6/h18-21,30-38,44,58-59H,22-29H2,1-17H3. The first-order valence-electron chi connectivity index (χ1n) is 28.2. The molecule has 0 amide bonds. The number of hydrogen-bond donors (Lipinski definition) is 0. The molecule has 5 aromatic carbocycles. The van der Waals surface area contributed by atoms with Gasteiger partial charge in [0.2, 0.25) is 0 Å². The topological polar surface area (TPSA) is 15.7 Å². The summed E-state index contributed by atoms with van der Waals surface area (Å²) in [4.78, 5) is 5.58. The number of fused-ring (bicyclic) bond motifs is 12. The summed E-state index contributed by atoms with van der Waals surface area (Å²) < 4.78 is 7.91. The smallest absolute Gasteiger partial charge is 0.267 e. The minimum atomic E-state index is -0.123. The summed E-state index contributed by atoms with van der Waals surface area (Å²) in [6, 6.07) is 31.1. The molecule has 5 atom stereocenters. The fourth-order valence-electron chi connectivity index (χ4n) is 16.5. The van der Waals surface area contributed by atoms with Gasteiger partial charge in [0.05, 0.1) is 6.04 Å². The molecule has 3 heterocycles. The second-order valence-corrected chi connectivity index (χ2v) is 29.9. The lowest BCUT2D eigenvalue weighted by atomic mass is 9.32. The molecule has 13 rings (SSSR count). The Bertz CT molecular complexity index is 3150. The molecule has 370 valence electrons. The number of anilines is 5. The zero-order valence-corrected chi connectivity index (χ0v) is 46.8. The van der Waals surface area contributed by atoms with Gasteiger partial charge in [-0.1, -0.05) is 136 Å². The van der Waals surface area contributed by atoms with Crippen LogP contribution in [0.2, 0.25) is 0 Å². The molecule has 1 saturated carbocycles. The summed E-state index contributed by atoms with van der Waals surface area (Å²) in [7, 11) is 0. The van der Waals surface area contributed by atoms with Crippen LogP contribution in [-0.2, 0) is 43.3 Å². The Labute approximate surface area is 429 Å². The molecule has 8 aliphatic rings. The summed E-state index contributed by atoms with van der Waals surface area (Å²) in [5, 5.41) is 0. The van der Waals surface area contributed by atoms with Crippen LogP contribution in [0.4, 0.5) is 28.4 Å². The van der Waals surface area contributed by atoms with E-state index in [1.165, 1.54) is 135 Å². The summed E-state index contributed by atoms with van der Waals surface area (Å²) in [6.45, 7) is 42.3. The number of ether oxygens (including phenoxy) is 1. The molecule has 0 aromatic heterocycles. The van der Waals surface area contributed by atoms with Gasteiger partial charge in [0.25, 0.3) is 6.71 Å². The van der Waals surface area contributed by atoms with Crippen LogP contribution < -0.4 is 25.5 Å². The molecule has 0 radical (unpaired) electrons. The minimum absolute atomic E-state index is 0.00134. The van der Waals surface area contributed by atoms with Crippen LogP contribution >= 0.6 is 0 Å². The Kier molecular flexibility index (Phi) is 9.16. The van der Waals surface area contributed by atoms with Gasteiger partial charge in [-0.2, -0.15) is 0 Å². The Morgan fingerprint density at radius 3 is 1.56 bits per heavy atom. The lowest BCUT2D eigenvalue weighted by Gasteiger charge is -2.50. The maximum Gasteiger partial charge on any atom is 0.267 e. The number of nitrogens with zero attached hydrogens (tertiary/aromatic N) is 2. The molecule has 0 spiro atoms. The van der Waals surface area contributed by atoms with E-state index in [0.29, 0.717) is 5.92 Å². The fourth-order valence-corrected chi connectivity index (χ4v) is 16.5. The largest absolute Gasteiger partial charge is 0.495 e. The second kappa shape index (κ2) is 14.0. The summed E-state index contributed by atoms with van der Waals surface area (Å²) in [6.07, 6.45) is 9.76. The van der Waals surface area contributed by atoms with Gasteiger partial charge < -0.3 is 14.5 Å². The number of rotatable bonds is 2. The first-order valence-corrected chi connectivity index (χ1v) is 28.2. The van der Waals surface area contributed by atoms with Crippen molar-refractivity contribution in [1.29, 1.82) is 0 Å². The molecule has 71 heavy (non-hydrogen) atoms. The molecule has 5 unspecified atom stereocenters. The maximum absolute atomic E-state index is 7.91. The van der Waals surface area contributed by atoms with Gasteiger partial charge in [-0.3, -0.25) is 0 Å². The molecule has 0 N–H and O–H groups in total. The molecule has 0 bridgehead atoms. The molecule has 1 fully saturated rings. The van der Waals surface area contributed by atoms with Crippen molar-refractivity contribution < 1.29 is 4.74 Å². The molecule has 5 aliphatic carbocycles. The normalized spacial score (nSPS) is 28.7. The predicted molar refractivity (Wildman–Crippen MR) is 301 cm³/mol. The zero-order valence-electron chi connectivity index (χ0n) is 46.8. The third-order valence-electron chi connectivity index (χ3n) is 21.8. The second-order valence-electron chi connectivity index (χ2n) is 29.9. The van der Waals surface area contributed by atoms with E-state index in [1.54, 1.807) is 11.1 Å². The van der Waals surface area contributed by atoms with E-state index in [4.69, 9.17) is 4.74 Å². The van der Waals surface area contributed by atoms with Crippen molar-refractivity contribution in [1.82, 2.24) is 0 Å². The average molecular weight is 943 g/mol. The van der Waals surface area contributed by atoms with E-state index in [0.717, 1.165) is 11.7 Å². The molecular weight excluding hydrogens is 860 g/mol. The van der Waals surface area contributed by atoms with E-state index in [2.05, 4.69) is 200 Å². The summed E-state index contributed by atoms with van der Waals surface area (Å²) >= 11 is 0. The summed E-state index contributed by atoms with van der Waals surface area (Å²) in [5.74, 6) is 2.39. The van der Waals surface area contributed by atoms with Crippen LogP contribution in [0.25, 0.3) is 0 Å². The van der Waals surface area contributed by atoms with Crippen molar-refractivity contribution in [3.8, 4) is 5.75 Å². The van der Waals surface area contributed by atoms with E-state index in [9.17, 15) is 0 Å². The van der Waals surface area contributed by atoms with Gasteiger partial charge >= 0.3 is 0 Å². The Morgan fingerprint density at radius 2 is 1.01 bits per heavy atom. The molecule has 3 aliphatic heterocycles.